The third-order valence-electron chi connectivity index (χ3n) is 5.01. The van der Waals surface area contributed by atoms with E-state index in [0.717, 1.165) is 22.4 Å². The number of anilines is 2. The summed E-state index contributed by atoms with van der Waals surface area (Å²) in [7, 11) is 3.14. The van der Waals surface area contributed by atoms with E-state index < -0.39 is 0 Å². The fourth-order valence-corrected chi connectivity index (χ4v) is 3.54. The summed E-state index contributed by atoms with van der Waals surface area (Å²) < 4.78 is 10.8. The SMILES string of the molecule is COc1cc2c(cc1OC)/C(=C(/Nc1ccccc1)c1cccc(CN)c1)C(=O)N2. The predicted molar refractivity (Wildman–Crippen MR) is 119 cm³/mol. The van der Waals surface area contributed by atoms with Crippen molar-refractivity contribution in [2.45, 2.75) is 6.54 Å². The van der Waals surface area contributed by atoms with Crippen LogP contribution in [0.5, 0.6) is 11.5 Å². The molecule has 0 aliphatic carbocycles. The molecule has 0 aromatic heterocycles. The average Bonchev–Trinajstić information content (AvgIpc) is 3.11. The van der Waals surface area contributed by atoms with E-state index in [0.29, 0.717) is 35.0 Å². The van der Waals surface area contributed by atoms with Crippen LogP contribution in [-0.2, 0) is 11.3 Å². The van der Waals surface area contributed by atoms with Crippen molar-refractivity contribution in [3.8, 4) is 11.5 Å². The lowest BCUT2D eigenvalue weighted by molar-refractivity contribution is -0.110. The van der Waals surface area contributed by atoms with Crippen LogP contribution in [0, 0.1) is 0 Å². The minimum atomic E-state index is -0.197. The molecule has 0 fully saturated rings. The molecule has 0 spiro atoms. The van der Waals surface area contributed by atoms with Crippen LogP contribution in [0.25, 0.3) is 11.3 Å². The maximum absolute atomic E-state index is 13.1. The number of hydrogen-bond donors (Lipinski definition) is 3. The van der Waals surface area contributed by atoms with E-state index in [9.17, 15) is 4.79 Å². The van der Waals surface area contributed by atoms with Gasteiger partial charge in [-0.1, -0.05) is 36.4 Å². The smallest absolute Gasteiger partial charge is 0.258 e. The largest absolute Gasteiger partial charge is 0.493 e. The van der Waals surface area contributed by atoms with Crippen LogP contribution >= 0.6 is 0 Å². The predicted octanol–water partition coefficient (Wildman–Crippen LogP) is 4.10. The van der Waals surface area contributed by atoms with E-state index in [4.69, 9.17) is 15.2 Å². The van der Waals surface area contributed by atoms with E-state index in [1.165, 1.54) is 0 Å². The van der Waals surface area contributed by atoms with Gasteiger partial charge in [0.2, 0.25) is 0 Å². The van der Waals surface area contributed by atoms with Gasteiger partial charge in [0, 0.05) is 23.9 Å². The lowest BCUT2D eigenvalue weighted by atomic mass is 9.98. The van der Waals surface area contributed by atoms with Crippen LogP contribution < -0.4 is 25.8 Å². The number of rotatable bonds is 6. The number of carbonyl (C=O) groups excluding carboxylic acids is 1. The fraction of sp³-hybridized carbons (Fsp3) is 0.125. The van der Waals surface area contributed by atoms with Crippen LogP contribution in [0.1, 0.15) is 16.7 Å². The maximum atomic E-state index is 13.1. The fourth-order valence-electron chi connectivity index (χ4n) is 3.54. The highest BCUT2D eigenvalue weighted by atomic mass is 16.5. The summed E-state index contributed by atoms with van der Waals surface area (Å²) >= 11 is 0. The quantitative estimate of drug-likeness (QED) is 0.542. The molecule has 6 nitrogen and oxygen atoms in total. The van der Waals surface area contributed by atoms with Crippen molar-refractivity contribution in [1.29, 1.82) is 0 Å². The first-order valence-electron chi connectivity index (χ1n) is 9.58. The Morgan fingerprint density at radius 2 is 1.70 bits per heavy atom. The van der Waals surface area contributed by atoms with E-state index >= 15 is 0 Å². The Hall–Kier alpha value is -3.77. The zero-order valence-corrected chi connectivity index (χ0v) is 16.9. The second kappa shape index (κ2) is 8.31. The number of ether oxygens (including phenoxy) is 2. The van der Waals surface area contributed by atoms with Gasteiger partial charge in [0.1, 0.15) is 0 Å². The number of benzene rings is 3. The van der Waals surface area contributed by atoms with Crippen LogP contribution in [0.3, 0.4) is 0 Å². The topological polar surface area (TPSA) is 85.6 Å². The van der Waals surface area contributed by atoms with Gasteiger partial charge in [-0.05, 0) is 35.4 Å². The third-order valence-corrected chi connectivity index (χ3v) is 5.01. The second-order valence-corrected chi connectivity index (χ2v) is 6.85. The van der Waals surface area contributed by atoms with Gasteiger partial charge in [-0.3, -0.25) is 4.79 Å². The summed E-state index contributed by atoms with van der Waals surface area (Å²) in [5.74, 6) is 0.914. The van der Waals surface area contributed by atoms with Gasteiger partial charge in [-0.15, -0.1) is 0 Å². The van der Waals surface area contributed by atoms with Crippen LogP contribution in [0.4, 0.5) is 11.4 Å². The first kappa shape index (κ1) is 19.5. The summed E-state index contributed by atoms with van der Waals surface area (Å²) in [6.07, 6.45) is 0. The molecule has 0 atom stereocenters. The number of methoxy groups -OCH3 is 2. The van der Waals surface area contributed by atoms with E-state index in [-0.39, 0.29) is 5.91 Å². The summed E-state index contributed by atoms with van der Waals surface area (Å²) in [5, 5.41) is 6.37. The van der Waals surface area contributed by atoms with Crippen molar-refractivity contribution < 1.29 is 14.3 Å². The van der Waals surface area contributed by atoms with Gasteiger partial charge in [-0.2, -0.15) is 0 Å². The van der Waals surface area contributed by atoms with Crippen LogP contribution in [-0.4, -0.2) is 20.1 Å². The number of hydrogen-bond acceptors (Lipinski definition) is 5. The number of fused-ring (bicyclic) bond motifs is 1. The number of amides is 1. The minimum Gasteiger partial charge on any atom is -0.493 e. The number of para-hydroxylation sites is 1. The Kier molecular flexibility index (Phi) is 5.41. The molecule has 6 heteroatoms. The summed E-state index contributed by atoms with van der Waals surface area (Å²) in [6, 6.07) is 21.2. The van der Waals surface area contributed by atoms with E-state index in [1.807, 2.05) is 60.7 Å². The third kappa shape index (κ3) is 3.60. The Morgan fingerprint density at radius 3 is 2.40 bits per heavy atom. The molecule has 4 N–H and O–H groups in total. The van der Waals surface area contributed by atoms with Crippen molar-refractivity contribution in [3.63, 3.8) is 0 Å². The Bertz CT molecular complexity index is 1120. The highest BCUT2D eigenvalue weighted by molar-refractivity contribution is 6.37. The minimum absolute atomic E-state index is 0.197. The molecule has 1 aliphatic rings. The van der Waals surface area contributed by atoms with Crippen molar-refractivity contribution in [1.82, 2.24) is 0 Å². The Balaban J connectivity index is 1.95. The summed E-state index contributed by atoms with van der Waals surface area (Å²) in [5.41, 5.74) is 11.2. The average molecular weight is 401 g/mol. The van der Waals surface area contributed by atoms with Crippen molar-refractivity contribution in [3.05, 3.63) is 83.4 Å². The lowest BCUT2D eigenvalue weighted by Crippen LogP contribution is -2.10. The molecule has 30 heavy (non-hydrogen) atoms. The van der Waals surface area contributed by atoms with Crippen LogP contribution in [0.15, 0.2) is 66.7 Å². The zero-order chi connectivity index (χ0) is 21.1. The standard InChI is InChI=1S/C24H23N3O3/c1-29-20-12-18-19(13-21(20)30-2)27-24(28)22(18)23(26-17-9-4-3-5-10-17)16-8-6-7-15(11-16)14-25/h3-13,26H,14,25H2,1-2H3,(H,27,28)/b23-22-. The molecule has 0 unspecified atom stereocenters. The number of carbonyl (C=O) groups is 1. The molecule has 0 saturated heterocycles. The summed E-state index contributed by atoms with van der Waals surface area (Å²) in [4.78, 5) is 13.1. The highest BCUT2D eigenvalue weighted by Gasteiger charge is 2.30. The van der Waals surface area contributed by atoms with E-state index in [2.05, 4.69) is 10.6 Å². The van der Waals surface area contributed by atoms with Gasteiger partial charge < -0.3 is 25.8 Å². The molecule has 1 heterocycles. The van der Waals surface area contributed by atoms with Gasteiger partial charge in [-0.25, -0.2) is 0 Å². The highest BCUT2D eigenvalue weighted by Crippen LogP contribution is 2.43. The molecule has 0 bridgehead atoms. The molecule has 3 aromatic rings. The summed E-state index contributed by atoms with van der Waals surface area (Å²) in [6.45, 7) is 0.412. The van der Waals surface area contributed by atoms with Crippen LogP contribution in [0.2, 0.25) is 0 Å². The van der Waals surface area contributed by atoms with Gasteiger partial charge >= 0.3 is 0 Å². The molecule has 1 aliphatic heterocycles. The second-order valence-electron chi connectivity index (χ2n) is 6.85. The van der Waals surface area contributed by atoms with Gasteiger partial charge in [0.15, 0.2) is 11.5 Å². The normalized spacial score (nSPS) is 14.0. The number of nitrogens with two attached hydrogens (primary N) is 1. The maximum Gasteiger partial charge on any atom is 0.258 e. The first-order chi connectivity index (χ1) is 14.6. The van der Waals surface area contributed by atoms with Crippen molar-refractivity contribution in [2.75, 3.05) is 24.9 Å². The lowest BCUT2D eigenvalue weighted by Gasteiger charge is -2.16. The Morgan fingerprint density at radius 1 is 0.967 bits per heavy atom. The number of nitrogens with one attached hydrogen (secondary N) is 2. The monoisotopic (exact) mass is 401 g/mol. The van der Waals surface area contributed by atoms with Crippen molar-refractivity contribution in [2.24, 2.45) is 5.73 Å². The molecular weight excluding hydrogens is 378 g/mol. The van der Waals surface area contributed by atoms with Gasteiger partial charge in [0.05, 0.1) is 31.2 Å². The molecule has 3 aromatic carbocycles. The molecular formula is C24H23N3O3. The molecule has 4 rings (SSSR count). The van der Waals surface area contributed by atoms with E-state index in [1.54, 1.807) is 20.3 Å². The Labute approximate surface area is 175 Å². The molecule has 0 saturated carbocycles. The first-order valence-corrected chi connectivity index (χ1v) is 9.58. The molecule has 152 valence electrons. The molecule has 1 amide bonds. The zero-order valence-electron chi connectivity index (χ0n) is 16.9. The molecule has 0 radical (unpaired) electrons. The van der Waals surface area contributed by atoms with Gasteiger partial charge in [0.25, 0.3) is 5.91 Å². The van der Waals surface area contributed by atoms with Crippen molar-refractivity contribution >= 4 is 28.6 Å².